The van der Waals surface area contributed by atoms with Crippen LogP contribution in [0.1, 0.15) is 0 Å². The summed E-state index contributed by atoms with van der Waals surface area (Å²) in [6, 6.07) is 4.46. The minimum Gasteiger partial charge on any atom is -0.132 e. The third kappa shape index (κ3) is 1.34. The molecule has 4 aromatic rings. The van der Waals surface area contributed by atoms with Crippen molar-refractivity contribution in [2.24, 2.45) is 0 Å². The van der Waals surface area contributed by atoms with Gasteiger partial charge >= 0.3 is 0 Å². The van der Waals surface area contributed by atoms with Gasteiger partial charge in [-0.1, -0.05) is 0 Å². The Morgan fingerprint density at radius 1 is 0.625 bits per heavy atom. The molecule has 0 fully saturated rings. The fourth-order valence-corrected chi connectivity index (χ4v) is 8.59. The SMILES string of the molecule is Brc1cc2sc3c4sc(Br)cc4sc3c2s1. The summed E-state index contributed by atoms with van der Waals surface area (Å²) >= 11 is 14.6. The number of hydrogen-bond donors (Lipinski definition) is 0. The molecular weight excluding hydrogens is 408 g/mol. The topological polar surface area (TPSA) is 0 Å². The van der Waals surface area contributed by atoms with E-state index in [0.717, 1.165) is 0 Å². The average Bonchev–Trinajstić information content (AvgIpc) is 2.85. The van der Waals surface area contributed by atoms with Gasteiger partial charge in [-0.2, -0.15) is 0 Å². The van der Waals surface area contributed by atoms with Crippen molar-refractivity contribution in [3.8, 4) is 0 Å². The summed E-state index contributed by atoms with van der Waals surface area (Å²) in [5, 5.41) is 0. The van der Waals surface area contributed by atoms with Gasteiger partial charge in [-0.3, -0.25) is 0 Å². The van der Waals surface area contributed by atoms with Crippen LogP contribution >= 0.6 is 77.2 Å². The molecule has 4 rings (SSSR count). The van der Waals surface area contributed by atoms with Gasteiger partial charge in [-0.05, 0) is 44.0 Å². The molecule has 0 nitrogen and oxygen atoms in total. The second-order valence-corrected chi connectivity index (χ2v) is 10.3. The number of rotatable bonds is 0. The van der Waals surface area contributed by atoms with Gasteiger partial charge in [0, 0.05) is 9.40 Å². The van der Waals surface area contributed by atoms with E-state index in [2.05, 4.69) is 44.0 Å². The van der Waals surface area contributed by atoms with E-state index >= 15 is 0 Å². The third-order valence-electron chi connectivity index (χ3n) is 2.38. The predicted molar refractivity (Wildman–Crippen MR) is 85.9 cm³/mol. The first-order chi connectivity index (χ1) is 7.72. The second kappa shape index (κ2) is 3.52. The van der Waals surface area contributed by atoms with Crippen LogP contribution in [0.4, 0.5) is 0 Å². The minimum absolute atomic E-state index is 1.23. The first-order valence-corrected chi connectivity index (χ1v) is 9.27. The number of thiophene rings is 4. The Morgan fingerprint density at radius 3 is 1.50 bits per heavy atom. The molecule has 6 heteroatoms. The Balaban J connectivity index is 2.28. The van der Waals surface area contributed by atoms with E-state index in [1.807, 2.05) is 45.3 Å². The van der Waals surface area contributed by atoms with E-state index in [0.29, 0.717) is 0 Å². The molecule has 0 N–H and O–H groups in total. The van der Waals surface area contributed by atoms with Gasteiger partial charge in [-0.15, -0.1) is 45.3 Å². The van der Waals surface area contributed by atoms with Gasteiger partial charge in [0.05, 0.1) is 26.4 Å². The molecule has 80 valence electrons. The lowest BCUT2D eigenvalue weighted by atomic mass is 10.4. The number of hydrogen-bond acceptors (Lipinski definition) is 4. The molecule has 0 bridgehead atoms. The Hall–Kier alpha value is 0.540. The lowest BCUT2D eigenvalue weighted by molar-refractivity contribution is 2.13. The molecule has 16 heavy (non-hydrogen) atoms. The molecule has 4 aromatic heterocycles. The first-order valence-electron chi connectivity index (χ1n) is 4.42. The van der Waals surface area contributed by atoms with Crippen LogP contribution in [-0.4, -0.2) is 0 Å². The van der Waals surface area contributed by atoms with Crippen molar-refractivity contribution in [3.05, 3.63) is 19.7 Å². The van der Waals surface area contributed by atoms with Crippen LogP contribution in [0, 0.1) is 0 Å². The summed E-state index contributed by atoms with van der Waals surface area (Å²) in [5.41, 5.74) is 0. The third-order valence-corrected chi connectivity index (χ3v) is 8.64. The van der Waals surface area contributed by atoms with Gasteiger partial charge < -0.3 is 0 Å². The summed E-state index contributed by atoms with van der Waals surface area (Å²) < 4.78 is 11.1. The maximum Gasteiger partial charge on any atom is 0.0719 e. The monoisotopic (exact) mass is 408 g/mol. The van der Waals surface area contributed by atoms with Crippen molar-refractivity contribution in [3.63, 3.8) is 0 Å². The normalized spacial score (nSPS) is 12.4. The molecular formula is C10H2Br2S4. The van der Waals surface area contributed by atoms with E-state index < -0.39 is 0 Å². The van der Waals surface area contributed by atoms with E-state index in [1.165, 1.54) is 35.8 Å². The van der Waals surface area contributed by atoms with Crippen molar-refractivity contribution in [2.75, 3.05) is 0 Å². The molecule has 0 aliphatic heterocycles. The summed E-state index contributed by atoms with van der Waals surface area (Å²) in [5.74, 6) is 0. The zero-order valence-electron chi connectivity index (χ0n) is 7.54. The van der Waals surface area contributed by atoms with Gasteiger partial charge in [0.25, 0.3) is 0 Å². The Kier molecular flexibility index (Phi) is 2.30. The van der Waals surface area contributed by atoms with Gasteiger partial charge in [-0.25, -0.2) is 0 Å². The molecule has 0 aromatic carbocycles. The van der Waals surface area contributed by atoms with E-state index in [-0.39, 0.29) is 0 Å². The fraction of sp³-hybridized carbons (Fsp3) is 0. The molecule has 0 saturated carbocycles. The van der Waals surface area contributed by atoms with Crippen LogP contribution in [0.15, 0.2) is 19.7 Å². The standard InChI is InChI=1S/C10H2Br2S4/c11-5-1-3-7(15-5)9-10(13-3)8-4(14-9)2-6(12)16-8/h1-2H. The highest BCUT2D eigenvalue weighted by Gasteiger charge is 2.15. The molecule has 0 atom stereocenters. The lowest BCUT2D eigenvalue weighted by Crippen LogP contribution is -1.43. The summed E-state index contributed by atoms with van der Waals surface area (Å²) in [4.78, 5) is 0. The minimum atomic E-state index is 1.23. The summed E-state index contributed by atoms with van der Waals surface area (Å²) in [6.45, 7) is 0. The molecule has 0 saturated heterocycles. The molecule has 0 amide bonds. The van der Waals surface area contributed by atoms with Gasteiger partial charge in [0.15, 0.2) is 0 Å². The van der Waals surface area contributed by atoms with Crippen LogP contribution in [0.3, 0.4) is 0 Å². The fourth-order valence-electron chi connectivity index (χ4n) is 1.77. The summed E-state index contributed by atoms with van der Waals surface area (Å²) in [7, 11) is 0. The Morgan fingerprint density at radius 2 is 1.06 bits per heavy atom. The zero-order valence-corrected chi connectivity index (χ0v) is 14.0. The molecule has 0 aliphatic carbocycles. The predicted octanol–water partition coefficient (Wildman–Crippen LogP) is 6.92. The molecule has 0 radical (unpaired) electrons. The van der Waals surface area contributed by atoms with Crippen molar-refractivity contribution in [1.82, 2.24) is 0 Å². The highest BCUT2D eigenvalue weighted by molar-refractivity contribution is 9.11. The number of halogens is 2. The van der Waals surface area contributed by atoms with Crippen molar-refractivity contribution in [2.45, 2.75) is 0 Å². The quantitative estimate of drug-likeness (QED) is 0.295. The largest absolute Gasteiger partial charge is 0.132 e. The summed E-state index contributed by atoms with van der Waals surface area (Å²) in [6.07, 6.45) is 0. The highest BCUT2D eigenvalue weighted by atomic mass is 79.9. The van der Waals surface area contributed by atoms with Crippen molar-refractivity contribution in [1.29, 1.82) is 0 Å². The van der Waals surface area contributed by atoms with Crippen molar-refractivity contribution >= 4 is 105 Å². The van der Waals surface area contributed by atoms with Crippen LogP contribution in [0.2, 0.25) is 0 Å². The maximum absolute atomic E-state index is 3.56. The maximum atomic E-state index is 3.56. The highest BCUT2D eigenvalue weighted by Crippen LogP contribution is 2.50. The lowest BCUT2D eigenvalue weighted by Gasteiger charge is -1.77. The molecule has 0 spiro atoms. The zero-order chi connectivity index (χ0) is 10.9. The van der Waals surface area contributed by atoms with Crippen LogP contribution in [0.5, 0.6) is 0 Å². The van der Waals surface area contributed by atoms with E-state index in [1.54, 1.807) is 0 Å². The van der Waals surface area contributed by atoms with Gasteiger partial charge in [0.1, 0.15) is 0 Å². The smallest absolute Gasteiger partial charge is 0.0719 e. The number of fused-ring (bicyclic) bond motifs is 5. The molecule has 0 aliphatic rings. The van der Waals surface area contributed by atoms with Crippen LogP contribution in [0.25, 0.3) is 28.2 Å². The second-order valence-electron chi connectivity index (χ2n) is 3.35. The Labute approximate surface area is 124 Å². The Bertz CT molecular complexity index is 759. The van der Waals surface area contributed by atoms with E-state index in [4.69, 9.17) is 0 Å². The van der Waals surface area contributed by atoms with Crippen LogP contribution < -0.4 is 0 Å². The molecule has 4 heterocycles. The van der Waals surface area contributed by atoms with Crippen LogP contribution in [-0.2, 0) is 0 Å². The van der Waals surface area contributed by atoms with E-state index in [9.17, 15) is 0 Å². The van der Waals surface area contributed by atoms with Crippen molar-refractivity contribution < 1.29 is 0 Å². The average molecular weight is 410 g/mol. The molecule has 0 unspecified atom stereocenters. The van der Waals surface area contributed by atoms with Gasteiger partial charge in [0.2, 0.25) is 0 Å². The first kappa shape index (κ1) is 10.5.